The lowest BCUT2D eigenvalue weighted by Crippen LogP contribution is -2.42. The lowest BCUT2D eigenvalue weighted by Gasteiger charge is -2.20. The Hall–Kier alpha value is -3.40. The highest BCUT2D eigenvalue weighted by Crippen LogP contribution is 2.15. The number of carbonyl (C=O) groups is 1. The van der Waals surface area contributed by atoms with Gasteiger partial charge in [-0.1, -0.05) is 24.3 Å². The van der Waals surface area contributed by atoms with Crippen LogP contribution in [-0.4, -0.2) is 44.1 Å². The van der Waals surface area contributed by atoms with Crippen LogP contribution in [-0.2, 0) is 0 Å². The number of aliphatic hydroxyl groups excluding tert-OH is 1. The van der Waals surface area contributed by atoms with Crippen molar-refractivity contribution in [3.05, 3.63) is 70.6 Å². The van der Waals surface area contributed by atoms with Gasteiger partial charge in [-0.2, -0.15) is 4.68 Å². The van der Waals surface area contributed by atoms with Gasteiger partial charge >= 0.3 is 11.7 Å². The molecule has 134 valence electrons. The standard InChI is InChI=1S/C16H13F2N5O3/c17-12-7-4-8-13(18)14(12)22-16(26)23(20-19-22)15(25)21(9-10-24)11-5-2-1-3-6-11/h1-8,24H,9-10H2. The van der Waals surface area contributed by atoms with Gasteiger partial charge in [-0.3, -0.25) is 4.90 Å². The van der Waals surface area contributed by atoms with Crippen LogP contribution in [0.3, 0.4) is 0 Å². The molecule has 2 aromatic carbocycles. The van der Waals surface area contributed by atoms with Crippen molar-refractivity contribution in [3.63, 3.8) is 0 Å². The predicted molar refractivity (Wildman–Crippen MR) is 87.2 cm³/mol. The zero-order valence-electron chi connectivity index (χ0n) is 13.3. The van der Waals surface area contributed by atoms with Gasteiger partial charge in [0.1, 0.15) is 5.69 Å². The van der Waals surface area contributed by atoms with E-state index in [4.69, 9.17) is 0 Å². The third-order valence-electron chi connectivity index (χ3n) is 3.53. The van der Waals surface area contributed by atoms with E-state index in [9.17, 15) is 23.5 Å². The zero-order valence-corrected chi connectivity index (χ0v) is 13.3. The average Bonchev–Trinajstić information content (AvgIpc) is 3.01. The number of hydrogen-bond donors (Lipinski definition) is 1. The van der Waals surface area contributed by atoms with Gasteiger partial charge in [0, 0.05) is 5.69 Å². The van der Waals surface area contributed by atoms with Crippen LogP contribution in [0.25, 0.3) is 5.69 Å². The van der Waals surface area contributed by atoms with Crippen molar-refractivity contribution in [3.8, 4) is 5.69 Å². The first-order chi connectivity index (χ1) is 12.5. The van der Waals surface area contributed by atoms with Crippen molar-refractivity contribution in [2.75, 3.05) is 18.1 Å². The van der Waals surface area contributed by atoms with Crippen LogP contribution in [0.15, 0.2) is 53.3 Å². The minimum absolute atomic E-state index is 0.115. The molecule has 1 N–H and O–H groups in total. The fourth-order valence-electron chi connectivity index (χ4n) is 2.36. The summed E-state index contributed by atoms with van der Waals surface area (Å²) in [5.41, 5.74) is -1.46. The van der Waals surface area contributed by atoms with Crippen molar-refractivity contribution in [2.45, 2.75) is 0 Å². The molecule has 0 radical (unpaired) electrons. The maximum Gasteiger partial charge on any atom is 0.377 e. The first kappa shape index (κ1) is 17.4. The van der Waals surface area contributed by atoms with E-state index >= 15 is 0 Å². The highest BCUT2D eigenvalue weighted by atomic mass is 19.1. The number of amides is 1. The van der Waals surface area contributed by atoms with Crippen LogP contribution in [0.5, 0.6) is 0 Å². The summed E-state index contributed by atoms with van der Waals surface area (Å²) in [7, 11) is 0. The van der Waals surface area contributed by atoms with Crippen LogP contribution in [0, 0.1) is 11.6 Å². The molecule has 3 rings (SSSR count). The summed E-state index contributed by atoms with van der Waals surface area (Å²) in [6.07, 6.45) is 0. The van der Waals surface area contributed by atoms with Gasteiger partial charge in [0.05, 0.1) is 13.2 Å². The Morgan fingerprint density at radius 2 is 1.69 bits per heavy atom. The Balaban J connectivity index is 2.04. The summed E-state index contributed by atoms with van der Waals surface area (Å²) in [5, 5.41) is 16.0. The first-order valence-electron chi connectivity index (χ1n) is 7.52. The molecule has 0 saturated carbocycles. The second kappa shape index (κ2) is 7.23. The van der Waals surface area contributed by atoms with Gasteiger partial charge < -0.3 is 5.11 Å². The lowest BCUT2D eigenvalue weighted by molar-refractivity contribution is 0.239. The van der Waals surface area contributed by atoms with Crippen molar-refractivity contribution < 1.29 is 18.7 Å². The van der Waals surface area contributed by atoms with Crippen molar-refractivity contribution >= 4 is 11.7 Å². The van der Waals surface area contributed by atoms with E-state index in [0.717, 1.165) is 23.1 Å². The summed E-state index contributed by atoms with van der Waals surface area (Å²) in [5.74, 6) is -2.05. The van der Waals surface area contributed by atoms with Gasteiger partial charge in [0.15, 0.2) is 11.6 Å². The molecule has 1 heterocycles. The fraction of sp³-hybridized carbons (Fsp3) is 0.125. The molecular formula is C16H13F2N5O3. The molecule has 0 aliphatic rings. The summed E-state index contributed by atoms with van der Waals surface area (Å²) < 4.78 is 28.5. The Morgan fingerprint density at radius 1 is 1.04 bits per heavy atom. The van der Waals surface area contributed by atoms with Gasteiger partial charge in [0.25, 0.3) is 0 Å². The molecule has 0 aliphatic carbocycles. The van der Waals surface area contributed by atoms with E-state index in [-0.39, 0.29) is 13.2 Å². The van der Waals surface area contributed by atoms with Crippen LogP contribution < -0.4 is 10.6 Å². The Labute approximate surface area is 145 Å². The highest BCUT2D eigenvalue weighted by molar-refractivity contribution is 5.92. The van der Waals surface area contributed by atoms with E-state index in [1.165, 1.54) is 0 Å². The number of benzene rings is 2. The summed E-state index contributed by atoms with van der Waals surface area (Å²) in [6.45, 7) is -0.484. The molecule has 1 amide bonds. The molecule has 0 spiro atoms. The number of hydrogen-bond acceptors (Lipinski definition) is 5. The topological polar surface area (TPSA) is 93.2 Å². The van der Waals surface area contributed by atoms with Crippen molar-refractivity contribution in [2.24, 2.45) is 0 Å². The molecule has 0 unspecified atom stereocenters. The molecule has 0 atom stereocenters. The Kier molecular flexibility index (Phi) is 4.85. The minimum atomic E-state index is -1.14. The minimum Gasteiger partial charge on any atom is -0.395 e. The van der Waals surface area contributed by atoms with E-state index in [1.807, 2.05) is 0 Å². The molecule has 0 fully saturated rings. The van der Waals surface area contributed by atoms with Gasteiger partial charge in [-0.05, 0) is 34.7 Å². The number of nitrogens with zero attached hydrogens (tertiary/aromatic N) is 5. The average molecular weight is 361 g/mol. The predicted octanol–water partition coefficient (Wildman–Crippen LogP) is 1.17. The van der Waals surface area contributed by atoms with Crippen LogP contribution in [0.2, 0.25) is 0 Å². The molecule has 0 saturated heterocycles. The number of rotatable bonds is 4. The second-order valence-corrected chi connectivity index (χ2v) is 5.15. The number of halogens is 2. The molecule has 0 bridgehead atoms. The van der Waals surface area contributed by atoms with Gasteiger partial charge in [-0.15, -0.1) is 4.68 Å². The maximum absolute atomic E-state index is 13.9. The largest absolute Gasteiger partial charge is 0.395 e. The monoisotopic (exact) mass is 361 g/mol. The Morgan fingerprint density at radius 3 is 2.31 bits per heavy atom. The normalized spacial score (nSPS) is 10.7. The molecule has 3 aromatic rings. The maximum atomic E-state index is 13.9. The highest BCUT2D eigenvalue weighted by Gasteiger charge is 2.24. The van der Waals surface area contributed by atoms with Gasteiger partial charge in [0.2, 0.25) is 0 Å². The van der Waals surface area contributed by atoms with E-state index in [2.05, 4.69) is 10.4 Å². The molecule has 10 heteroatoms. The van der Waals surface area contributed by atoms with Crippen molar-refractivity contribution in [1.82, 2.24) is 19.8 Å². The summed E-state index contributed by atoms with van der Waals surface area (Å²) in [6, 6.07) is 10.4. The van der Waals surface area contributed by atoms with Crippen LogP contribution >= 0.6 is 0 Å². The zero-order chi connectivity index (χ0) is 18.7. The van der Waals surface area contributed by atoms with E-state index < -0.39 is 29.0 Å². The second-order valence-electron chi connectivity index (χ2n) is 5.15. The third kappa shape index (κ3) is 3.09. The summed E-state index contributed by atoms with van der Waals surface area (Å²) in [4.78, 5) is 26.2. The van der Waals surface area contributed by atoms with E-state index in [1.54, 1.807) is 30.3 Å². The number of tetrazole rings is 1. The van der Waals surface area contributed by atoms with Gasteiger partial charge in [-0.25, -0.2) is 18.4 Å². The number of para-hydroxylation sites is 2. The first-order valence-corrected chi connectivity index (χ1v) is 7.52. The Bertz CT molecular complexity index is 967. The number of aliphatic hydroxyl groups is 1. The molecule has 26 heavy (non-hydrogen) atoms. The van der Waals surface area contributed by atoms with Crippen LogP contribution in [0.1, 0.15) is 0 Å². The van der Waals surface area contributed by atoms with E-state index in [0.29, 0.717) is 15.1 Å². The molecule has 1 aromatic heterocycles. The number of anilines is 1. The molecular weight excluding hydrogens is 348 g/mol. The molecule has 8 nitrogen and oxygen atoms in total. The molecule has 0 aliphatic heterocycles. The third-order valence-corrected chi connectivity index (χ3v) is 3.53. The smallest absolute Gasteiger partial charge is 0.377 e. The number of aromatic nitrogens is 4. The van der Waals surface area contributed by atoms with Crippen LogP contribution in [0.4, 0.5) is 19.3 Å². The number of carbonyl (C=O) groups excluding carboxylic acids is 1. The fourth-order valence-corrected chi connectivity index (χ4v) is 2.36. The lowest BCUT2D eigenvalue weighted by atomic mass is 10.3. The SMILES string of the molecule is O=C(N(CCO)c1ccccc1)n1nnn(-c2c(F)cccc2F)c1=O. The quantitative estimate of drug-likeness (QED) is 0.704. The summed E-state index contributed by atoms with van der Waals surface area (Å²) >= 11 is 0. The van der Waals surface area contributed by atoms with Crippen molar-refractivity contribution in [1.29, 1.82) is 0 Å².